The van der Waals surface area contributed by atoms with Gasteiger partial charge in [-0.1, -0.05) is 32.9 Å². The average molecular weight is 313 g/mol. The summed E-state index contributed by atoms with van der Waals surface area (Å²) in [6, 6.07) is 6.42. The van der Waals surface area contributed by atoms with Crippen LogP contribution in [0.15, 0.2) is 24.3 Å². The second kappa shape index (κ2) is 6.05. The third-order valence-corrected chi connectivity index (χ3v) is 5.76. The minimum Gasteiger partial charge on any atom is -0.306 e. The maximum Gasteiger partial charge on any atom is 0.151 e. The van der Waals surface area contributed by atoms with Crippen LogP contribution < -0.4 is 5.32 Å². The minimum absolute atomic E-state index is 0.00333. The van der Waals surface area contributed by atoms with E-state index in [4.69, 9.17) is 0 Å². The summed E-state index contributed by atoms with van der Waals surface area (Å²) in [6.45, 7) is 6.31. The number of rotatable bonds is 3. The number of sulfone groups is 1. The minimum atomic E-state index is -2.93. The predicted octanol–water partition coefficient (Wildman–Crippen LogP) is 3.08. The Labute approximate surface area is 126 Å². The van der Waals surface area contributed by atoms with Gasteiger partial charge in [-0.15, -0.1) is 0 Å². The zero-order valence-corrected chi connectivity index (χ0v) is 13.7. The fourth-order valence-corrected chi connectivity index (χ4v) is 4.54. The summed E-state index contributed by atoms with van der Waals surface area (Å²) in [5, 5.41) is 3.49. The van der Waals surface area contributed by atoms with E-state index in [9.17, 15) is 12.8 Å². The number of hydrogen-bond donors (Lipinski definition) is 1. The molecule has 1 fully saturated rings. The molecular weight excluding hydrogens is 289 g/mol. The third-order valence-electron chi connectivity index (χ3n) is 3.93. The summed E-state index contributed by atoms with van der Waals surface area (Å²) in [7, 11) is -2.93. The monoisotopic (exact) mass is 313 g/mol. The molecule has 1 aliphatic rings. The molecule has 0 bridgehead atoms. The van der Waals surface area contributed by atoms with Gasteiger partial charge in [0.25, 0.3) is 0 Å². The van der Waals surface area contributed by atoms with Gasteiger partial charge in [-0.25, -0.2) is 12.8 Å². The lowest BCUT2D eigenvalue weighted by Gasteiger charge is -2.36. The van der Waals surface area contributed by atoms with E-state index in [0.717, 1.165) is 12.0 Å². The van der Waals surface area contributed by atoms with E-state index >= 15 is 0 Å². The van der Waals surface area contributed by atoms with Gasteiger partial charge in [0.05, 0.1) is 11.5 Å². The van der Waals surface area contributed by atoms with Gasteiger partial charge in [-0.05, 0) is 36.0 Å². The number of benzene rings is 1. The van der Waals surface area contributed by atoms with Crippen LogP contribution in [0.25, 0.3) is 0 Å². The van der Waals surface area contributed by atoms with Gasteiger partial charge in [0, 0.05) is 12.1 Å². The molecule has 3 nitrogen and oxygen atoms in total. The fraction of sp³-hybridized carbons (Fsp3) is 0.625. The molecule has 1 aromatic carbocycles. The largest absolute Gasteiger partial charge is 0.306 e. The molecule has 2 unspecified atom stereocenters. The number of hydrogen-bond acceptors (Lipinski definition) is 3. The van der Waals surface area contributed by atoms with Crippen molar-refractivity contribution in [2.45, 2.75) is 45.7 Å². The lowest BCUT2D eigenvalue weighted by molar-refractivity contribution is 0.247. The van der Waals surface area contributed by atoms with Gasteiger partial charge in [-0.2, -0.15) is 0 Å². The van der Waals surface area contributed by atoms with Crippen LogP contribution in [0.3, 0.4) is 0 Å². The molecule has 1 aromatic rings. The Morgan fingerprint density at radius 1 is 1.24 bits per heavy atom. The van der Waals surface area contributed by atoms with Crippen LogP contribution in [0.5, 0.6) is 0 Å². The lowest BCUT2D eigenvalue weighted by Crippen LogP contribution is -2.45. The van der Waals surface area contributed by atoms with Gasteiger partial charge in [-0.3, -0.25) is 0 Å². The topological polar surface area (TPSA) is 46.2 Å². The summed E-state index contributed by atoms with van der Waals surface area (Å²) in [6.07, 6.45) is 1.58. The highest BCUT2D eigenvalue weighted by atomic mass is 32.2. The summed E-state index contributed by atoms with van der Waals surface area (Å²) in [5.41, 5.74) is 0.908. The van der Waals surface area contributed by atoms with E-state index in [0.29, 0.717) is 12.2 Å². The lowest BCUT2D eigenvalue weighted by atomic mass is 9.81. The second-order valence-electron chi connectivity index (χ2n) is 6.97. The molecule has 0 saturated carbocycles. The van der Waals surface area contributed by atoms with Gasteiger partial charge < -0.3 is 5.32 Å². The van der Waals surface area contributed by atoms with Crippen LogP contribution in [-0.4, -0.2) is 26.0 Å². The normalized spacial score (nSPS) is 23.7. The third kappa shape index (κ3) is 4.51. The first-order valence-corrected chi connectivity index (χ1v) is 9.21. The summed E-state index contributed by atoms with van der Waals surface area (Å²) in [4.78, 5) is 0. The highest BCUT2D eigenvalue weighted by Gasteiger charge is 2.32. The first kappa shape index (κ1) is 16.4. The molecule has 1 N–H and O–H groups in total. The quantitative estimate of drug-likeness (QED) is 0.933. The van der Waals surface area contributed by atoms with E-state index in [2.05, 4.69) is 26.1 Å². The molecular formula is C16H24FNO2S. The Morgan fingerprint density at radius 2 is 1.86 bits per heavy atom. The van der Waals surface area contributed by atoms with Crippen molar-refractivity contribution in [1.82, 2.24) is 5.32 Å². The van der Waals surface area contributed by atoms with Crippen LogP contribution in [0, 0.1) is 11.2 Å². The predicted molar refractivity (Wildman–Crippen MR) is 83.4 cm³/mol. The van der Waals surface area contributed by atoms with E-state index in [1.807, 2.05) is 0 Å². The molecule has 0 aromatic heterocycles. The van der Waals surface area contributed by atoms with Crippen molar-refractivity contribution in [1.29, 1.82) is 0 Å². The molecule has 1 heterocycles. The molecule has 118 valence electrons. The van der Waals surface area contributed by atoms with Crippen molar-refractivity contribution < 1.29 is 12.8 Å². The van der Waals surface area contributed by atoms with Gasteiger partial charge >= 0.3 is 0 Å². The van der Waals surface area contributed by atoms with Crippen molar-refractivity contribution in [3.8, 4) is 0 Å². The standard InChI is InChI=1S/C16H24FNO2S/c1-16(2,3)15(12-6-8-13(17)9-7-12)18-14-5-4-10-21(19,20)11-14/h6-9,14-15,18H,4-5,10-11H2,1-3H3. The summed E-state index contributed by atoms with van der Waals surface area (Å²) < 4.78 is 36.7. The maximum absolute atomic E-state index is 13.1. The van der Waals surface area contributed by atoms with Crippen molar-refractivity contribution in [3.05, 3.63) is 35.6 Å². The van der Waals surface area contributed by atoms with Crippen LogP contribution in [0.1, 0.15) is 45.2 Å². The molecule has 5 heteroatoms. The zero-order chi connectivity index (χ0) is 15.7. The van der Waals surface area contributed by atoms with E-state index < -0.39 is 9.84 Å². The van der Waals surface area contributed by atoms with Crippen LogP contribution in [0.2, 0.25) is 0 Å². The molecule has 0 amide bonds. The van der Waals surface area contributed by atoms with Crippen LogP contribution >= 0.6 is 0 Å². The Balaban J connectivity index is 2.19. The van der Waals surface area contributed by atoms with Crippen molar-refractivity contribution in [2.75, 3.05) is 11.5 Å². The molecule has 21 heavy (non-hydrogen) atoms. The molecule has 0 spiro atoms. The van der Waals surface area contributed by atoms with E-state index in [-0.39, 0.29) is 29.1 Å². The summed E-state index contributed by atoms with van der Waals surface area (Å²) in [5.74, 6) is 0.231. The van der Waals surface area contributed by atoms with Crippen molar-refractivity contribution in [3.63, 3.8) is 0 Å². The first-order chi connectivity index (χ1) is 9.67. The van der Waals surface area contributed by atoms with Gasteiger partial charge in [0.1, 0.15) is 5.82 Å². The van der Waals surface area contributed by atoms with Gasteiger partial charge in [0.2, 0.25) is 0 Å². The highest BCUT2D eigenvalue weighted by Crippen LogP contribution is 2.34. The molecule has 1 aliphatic heterocycles. The molecule has 0 radical (unpaired) electrons. The Morgan fingerprint density at radius 3 is 2.38 bits per heavy atom. The smallest absolute Gasteiger partial charge is 0.151 e. The SMILES string of the molecule is CC(C)(C)C(NC1CCCS(=O)(=O)C1)c1ccc(F)cc1. The Bertz CT molecular complexity index is 575. The number of nitrogens with one attached hydrogen (secondary N) is 1. The zero-order valence-electron chi connectivity index (χ0n) is 12.9. The van der Waals surface area contributed by atoms with Crippen LogP contribution in [-0.2, 0) is 9.84 Å². The van der Waals surface area contributed by atoms with E-state index in [1.165, 1.54) is 12.1 Å². The van der Waals surface area contributed by atoms with Gasteiger partial charge in [0.15, 0.2) is 9.84 Å². The van der Waals surface area contributed by atoms with Crippen LogP contribution in [0.4, 0.5) is 4.39 Å². The highest BCUT2D eigenvalue weighted by molar-refractivity contribution is 7.91. The maximum atomic E-state index is 13.1. The molecule has 2 atom stereocenters. The fourth-order valence-electron chi connectivity index (χ4n) is 2.89. The molecule has 2 rings (SSSR count). The summed E-state index contributed by atoms with van der Waals surface area (Å²) >= 11 is 0. The van der Waals surface area contributed by atoms with E-state index in [1.54, 1.807) is 12.1 Å². The first-order valence-electron chi connectivity index (χ1n) is 7.39. The average Bonchev–Trinajstić information content (AvgIpc) is 2.35. The Hall–Kier alpha value is -0.940. The number of halogens is 1. The molecule has 0 aliphatic carbocycles. The van der Waals surface area contributed by atoms with Crippen molar-refractivity contribution >= 4 is 9.84 Å². The van der Waals surface area contributed by atoms with Crippen molar-refractivity contribution in [2.24, 2.45) is 5.41 Å². The molecule has 1 saturated heterocycles. The second-order valence-corrected chi connectivity index (χ2v) is 9.20. The Kier molecular flexibility index (Phi) is 4.73.